The molecule has 0 aromatic heterocycles. The lowest BCUT2D eigenvalue weighted by Gasteiger charge is -2.47. The van der Waals surface area contributed by atoms with Crippen LogP contribution in [-0.2, 0) is 14.9 Å². The molecule has 2 atom stereocenters. The van der Waals surface area contributed by atoms with Crippen molar-refractivity contribution >= 4 is 5.91 Å². The van der Waals surface area contributed by atoms with Gasteiger partial charge < -0.3 is 9.64 Å². The molecule has 4 heteroatoms. The van der Waals surface area contributed by atoms with Crippen LogP contribution < -0.4 is 0 Å². The van der Waals surface area contributed by atoms with Gasteiger partial charge in [0, 0.05) is 38.4 Å². The molecule has 0 radical (unpaired) electrons. The van der Waals surface area contributed by atoms with Crippen LogP contribution in [0.2, 0.25) is 0 Å². The molecule has 1 aromatic rings. The lowest BCUT2D eigenvalue weighted by atomic mass is 9.71. The number of benzene rings is 1. The minimum Gasteiger partial charge on any atom is -0.381 e. The molecular weight excluding hydrogens is 300 g/mol. The van der Waals surface area contributed by atoms with Crippen LogP contribution in [0.25, 0.3) is 0 Å². The normalized spacial score (nSPS) is 27.9. The fourth-order valence-electron chi connectivity index (χ4n) is 4.30. The zero-order chi connectivity index (χ0) is 17.3. The quantitative estimate of drug-likeness (QED) is 0.836. The smallest absolute Gasteiger partial charge is 0.233 e. The number of piperazine rings is 1. The monoisotopic (exact) mass is 330 g/mol. The van der Waals surface area contributed by atoms with E-state index in [2.05, 4.69) is 61.9 Å². The summed E-state index contributed by atoms with van der Waals surface area (Å²) in [6.45, 7) is 9.50. The second kappa shape index (κ2) is 6.85. The van der Waals surface area contributed by atoms with Gasteiger partial charge in [0.25, 0.3) is 0 Å². The van der Waals surface area contributed by atoms with Gasteiger partial charge in [0.15, 0.2) is 0 Å². The Morgan fingerprint density at radius 2 is 1.71 bits per heavy atom. The first-order chi connectivity index (χ1) is 11.5. The van der Waals surface area contributed by atoms with E-state index >= 15 is 0 Å². The first-order valence-corrected chi connectivity index (χ1v) is 9.11. The summed E-state index contributed by atoms with van der Waals surface area (Å²) in [6.07, 6.45) is 1.57. The Balaban J connectivity index is 1.95. The lowest BCUT2D eigenvalue weighted by Crippen LogP contribution is -2.60. The highest BCUT2D eigenvalue weighted by Crippen LogP contribution is 2.39. The van der Waals surface area contributed by atoms with E-state index in [1.807, 2.05) is 0 Å². The van der Waals surface area contributed by atoms with E-state index in [0.717, 1.165) is 25.9 Å². The summed E-state index contributed by atoms with van der Waals surface area (Å²) in [4.78, 5) is 18.2. The molecule has 2 aliphatic heterocycles. The van der Waals surface area contributed by atoms with E-state index in [4.69, 9.17) is 4.74 Å². The van der Waals surface area contributed by atoms with Gasteiger partial charge in [-0.25, -0.2) is 0 Å². The number of hydrogen-bond acceptors (Lipinski definition) is 3. The number of rotatable bonds is 2. The van der Waals surface area contributed by atoms with Crippen molar-refractivity contribution in [1.82, 2.24) is 9.80 Å². The number of hydrogen-bond donors (Lipinski definition) is 0. The molecule has 2 aliphatic rings. The summed E-state index contributed by atoms with van der Waals surface area (Å²) >= 11 is 0. The number of likely N-dealkylation sites (N-methyl/N-ethyl adjacent to an activating group) is 1. The predicted octanol–water partition coefficient (Wildman–Crippen LogP) is 2.59. The third kappa shape index (κ3) is 2.98. The maximum atomic E-state index is 13.7. The minimum atomic E-state index is -0.418. The van der Waals surface area contributed by atoms with Crippen LogP contribution >= 0.6 is 0 Å². The summed E-state index contributed by atoms with van der Waals surface area (Å²) < 4.78 is 5.60. The summed E-state index contributed by atoms with van der Waals surface area (Å²) in [5.74, 6) is 0.298. The lowest BCUT2D eigenvalue weighted by molar-refractivity contribution is -0.145. The number of carbonyl (C=O) groups excluding carboxylic acids is 1. The molecule has 0 spiro atoms. The van der Waals surface area contributed by atoms with Gasteiger partial charge in [-0.3, -0.25) is 9.69 Å². The second-order valence-electron chi connectivity index (χ2n) is 7.58. The van der Waals surface area contributed by atoms with Crippen molar-refractivity contribution in [2.45, 2.75) is 51.1 Å². The van der Waals surface area contributed by atoms with E-state index in [1.165, 1.54) is 11.1 Å². The molecule has 0 N–H and O–H groups in total. The fraction of sp³-hybridized carbons (Fsp3) is 0.650. The van der Waals surface area contributed by atoms with Gasteiger partial charge in [0.2, 0.25) is 5.91 Å². The van der Waals surface area contributed by atoms with Crippen LogP contribution in [0.1, 0.15) is 37.8 Å². The first-order valence-electron chi connectivity index (χ1n) is 9.11. The van der Waals surface area contributed by atoms with E-state index in [1.54, 1.807) is 0 Å². The highest BCUT2D eigenvalue weighted by Gasteiger charge is 2.46. The fourth-order valence-corrected chi connectivity index (χ4v) is 4.30. The van der Waals surface area contributed by atoms with Crippen molar-refractivity contribution in [3.05, 3.63) is 35.4 Å². The SMILES string of the molecule is Cc1ccccc1C1(C(=O)N2C[C@@H](C)N(C)[C@@H](C)C2)CCOCC1. The number of amides is 1. The van der Waals surface area contributed by atoms with Crippen LogP contribution in [0.3, 0.4) is 0 Å². The van der Waals surface area contributed by atoms with Gasteiger partial charge >= 0.3 is 0 Å². The Labute approximate surface area is 145 Å². The van der Waals surface area contributed by atoms with Gasteiger partial charge in [-0.1, -0.05) is 24.3 Å². The maximum absolute atomic E-state index is 13.7. The molecule has 4 nitrogen and oxygen atoms in total. The van der Waals surface area contributed by atoms with E-state index in [9.17, 15) is 4.79 Å². The molecule has 132 valence electrons. The summed E-state index contributed by atoms with van der Waals surface area (Å²) in [5, 5.41) is 0. The van der Waals surface area contributed by atoms with Crippen molar-refractivity contribution in [3.8, 4) is 0 Å². The van der Waals surface area contributed by atoms with Gasteiger partial charge in [0.05, 0.1) is 5.41 Å². The van der Waals surface area contributed by atoms with Gasteiger partial charge in [0.1, 0.15) is 0 Å². The second-order valence-corrected chi connectivity index (χ2v) is 7.58. The summed E-state index contributed by atoms with van der Waals surface area (Å²) in [6, 6.07) is 9.16. The Morgan fingerprint density at radius 1 is 1.12 bits per heavy atom. The zero-order valence-corrected chi connectivity index (χ0v) is 15.4. The molecule has 3 rings (SSSR count). The highest BCUT2D eigenvalue weighted by molar-refractivity contribution is 5.89. The van der Waals surface area contributed by atoms with Gasteiger partial charge in [-0.15, -0.1) is 0 Å². The Bertz CT molecular complexity index is 583. The zero-order valence-electron chi connectivity index (χ0n) is 15.4. The Kier molecular flexibility index (Phi) is 4.97. The molecule has 0 bridgehead atoms. The van der Waals surface area contributed by atoms with Crippen molar-refractivity contribution in [3.63, 3.8) is 0 Å². The molecule has 2 saturated heterocycles. The molecule has 0 aliphatic carbocycles. The van der Waals surface area contributed by atoms with Crippen molar-refractivity contribution < 1.29 is 9.53 Å². The van der Waals surface area contributed by atoms with Crippen molar-refractivity contribution in [2.24, 2.45) is 0 Å². The van der Waals surface area contributed by atoms with Crippen molar-refractivity contribution in [2.75, 3.05) is 33.4 Å². The first kappa shape index (κ1) is 17.4. The Morgan fingerprint density at radius 3 is 2.29 bits per heavy atom. The number of carbonyl (C=O) groups is 1. The van der Waals surface area contributed by atoms with E-state index in [-0.39, 0.29) is 0 Å². The van der Waals surface area contributed by atoms with Gasteiger partial charge in [-0.2, -0.15) is 0 Å². The Hall–Kier alpha value is -1.39. The van der Waals surface area contributed by atoms with Crippen molar-refractivity contribution in [1.29, 1.82) is 0 Å². The van der Waals surface area contributed by atoms with Gasteiger partial charge in [-0.05, 0) is 51.8 Å². The molecule has 24 heavy (non-hydrogen) atoms. The molecular formula is C20H30N2O2. The third-order valence-electron chi connectivity index (χ3n) is 6.06. The number of ether oxygens (including phenoxy) is 1. The molecule has 2 fully saturated rings. The van der Waals surface area contributed by atoms with E-state index < -0.39 is 5.41 Å². The molecule has 2 heterocycles. The standard InChI is InChI=1S/C20H30N2O2/c1-15-7-5-6-8-18(15)20(9-11-24-12-10-20)19(23)22-13-16(2)21(4)17(3)14-22/h5-8,16-17H,9-14H2,1-4H3/t16-,17+. The largest absolute Gasteiger partial charge is 0.381 e. The van der Waals surface area contributed by atoms with Crippen LogP contribution in [-0.4, -0.2) is 61.1 Å². The average molecular weight is 330 g/mol. The predicted molar refractivity (Wildman–Crippen MR) is 96.2 cm³/mol. The molecule has 0 unspecified atom stereocenters. The average Bonchev–Trinajstić information content (AvgIpc) is 2.59. The molecule has 1 amide bonds. The van der Waals surface area contributed by atoms with E-state index in [0.29, 0.717) is 31.2 Å². The summed E-state index contributed by atoms with van der Waals surface area (Å²) in [5.41, 5.74) is 1.99. The van der Waals surface area contributed by atoms with Crippen LogP contribution in [0.4, 0.5) is 0 Å². The topological polar surface area (TPSA) is 32.8 Å². The molecule has 1 aromatic carbocycles. The summed E-state index contributed by atoms with van der Waals surface area (Å²) in [7, 11) is 2.16. The van der Waals surface area contributed by atoms with Crippen LogP contribution in [0, 0.1) is 6.92 Å². The number of aryl methyl sites for hydroxylation is 1. The van der Waals surface area contributed by atoms with Crippen LogP contribution in [0.15, 0.2) is 24.3 Å². The highest BCUT2D eigenvalue weighted by atomic mass is 16.5. The van der Waals surface area contributed by atoms with Crippen LogP contribution in [0.5, 0.6) is 0 Å². The third-order valence-corrected chi connectivity index (χ3v) is 6.06. The number of nitrogens with zero attached hydrogens (tertiary/aromatic N) is 2. The maximum Gasteiger partial charge on any atom is 0.233 e. The minimum absolute atomic E-state index is 0.298. The molecule has 0 saturated carbocycles.